The van der Waals surface area contributed by atoms with Crippen molar-refractivity contribution in [1.29, 1.82) is 0 Å². The summed E-state index contributed by atoms with van der Waals surface area (Å²) in [5, 5.41) is 4.65. The Labute approximate surface area is 141 Å². The summed E-state index contributed by atoms with van der Waals surface area (Å²) in [4.78, 5) is 17.2. The van der Waals surface area contributed by atoms with Crippen molar-refractivity contribution < 1.29 is 25.9 Å². The Morgan fingerprint density at radius 2 is 2.25 bits per heavy atom. The molecular formula is C13H13GeN4OW. The van der Waals surface area contributed by atoms with E-state index in [4.69, 9.17) is 6.72 Å². The largest absolute Gasteiger partial charge is 2.00 e. The first kappa shape index (κ1) is 15.7. The molecule has 3 radical (unpaired) electrons. The van der Waals surface area contributed by atoms with E-state index < -0.39 is 0 Å². The van der Waals surface area contributed by atoms with E-state index in [1.165, 1.54) is 0 Å². The number of allylic oxidation sites excluding steroid dienone is 1. The van der Waals surface area contributed by atoms with Gasteiger partial charge in [0, 0.05) is 0 Å². The fourth-order valence-corrected chi connectivity index (χ4v) is 3.05. The van der Waals surface area contributed by atoms with Crippen LogP contribution < -0.4 is 0 Å². The van der Waals surface area contributed by atoms with Crippen LogP contribution in [-0.4, -0.2) is 49.2 Å². The minimum atomic E-state index is 0. The number of rotatable bonds is 1. The van der Waals surface area contributed by atoms with Gasteiger partial charge in [-0.05, 0) is 0 Å². The van der Waals surface area contributed by atoms with E-state index in [-0.39, 0.29) is 25.8 Å². The molecule has 0 bridgehead atoms. The Kier molecular flexibility index (Phi) is 5.02. The van der Waals surface area contributed by atoms with Crippen LogP contribution in [0, 0.1) is 6.08 Å². The molecule has 7 heteroatoms. The van der Waals surface area contributed by atoms with Crippen LogP contribution >= 0.6 is 0 Å². The number of aryl methyl sites for hydroxylation is 1. The molecule has 0 spiro atoms. The number of aromatic nitrogens is 2. The van der Waals surface area contributed by atoms with Gasteiger partial charge >= 0.3 is 141 Å². The van der Waals surface area contributed by atoms with E-state index in [0.29, 0.717) is 12.2 Å². The maximum absolute atomic E-state index is 11.5. The molecule has 20 heavy (non-hydrogen) atoms. The quantitative estimate of drug-likeness (QED) is 0.331. The predicted molar refractivity (Wildman–Crippen MR) is 71.9 cm³/mol. The summed E-state index contributed by atoms with van der Waals surface area (Å²) in [5.41, 5.74) is 3.77. The normalized spacial score (nSPS) is 17.2. The Balaban J connectivity index is 0.00000147. The molecule has 0 aliphatic carbocycles. The predicted octanol–water partition coefficient (Wildman–Crippen LogP) is 1.04. The fourth-order valence-electron chi connectivity index (χ4n) is 2.65. The van der Waals surface area contributed by atoms with Crippen LogP contribution in [0.25, 0.3) is 5.70 Å². The van der Waals surface area contributed by atoms with E-state index in [9.17, 15) is 4.79 Å². The molecule has 0 aromatic carbocycles. The van der Waals surface area contributed by atoms with Crippen LogP contribution in [0.3, 0.4) is 0 Å². The molecule has 3 heterocycles. The number of hydrogen-bond acceptors (Lipinski definition) is 3. The topological polar surface area (TPSA) is 50.5 Å². The molecule has 0 fully saturated rings. The van der Waals surface area contributed by atoms with Crippen molar-refractivity contribution in [2.24, 2.45) is 4.99 Å². The molecule has 0 saturated carbocycles. The van der Waals surface area contributed by atoms with Gasteiger partial charge in [0.1, 0.15) is 0 Å². The number of amides is 1. The molecule has 5 nitrogen and oxygen atoms in total. The van der Waals surface area contributed by atoms with Gasteiger partial charge in [0.05, 0.1) is 0 Å². The molecular weight excluding hydrogens is 485 g/mol. The molecule has 101 valence electrons. The van der Waals surface area contributed by atoms with Crippen molar-refractivity contribution in [3.63, 3.8) is 0 Å². The van der Waals surface area contributed by atoms with Gasteiger partial charge in [-0.2, -0.15) is 0 Å². The number of carbonyl (C=O) groups excluding carboxylic acids is 1. The summed E-state index contributed by atoms with van der Waals surface area (Å²) in [7, 11) is 0. The fraction of sp³-hybridized carbons (Fsp3) is 0.462. The average molecular weight is 498 g/mol. The van der Waals surface area contributed by atoms with Crippen molar-refractivity contribution in [2.75, 3.05) is 6.54 Å². The third-order valence-corrected chi connectivity index (χ3v) is 4.24. The molecule has 3 rings (SSSR count). The SMILES string of the molecule is [CH-]=NC1=[C-]CCCn2nc3c(c21)CN([C](=O)[Ge])CC3.[W+2]. The van der Waals surface area contributed by atoms with Crippen LogP contribution in [0.5, 0.6) is 0 Å². The van der Waals surface area contributed by atoms with Crippen molar-refractivity contribution >= 4 is 33.7 Å². The summed E-state index contributed by atoms with van der Waals surface area (Å²) >= 11 is 1.60. The van der Waals surface area contributed by atoms with E-state index in [0.717, 1.165) is 49.3 Å². The number of fused-ring (bicyclic) bond motifs is 3. The molecule has 1 aromatic heterocycles. The van der Waals surface area contributed by atoms with Gasteiger partial charge in [-0.15, -0.1) is 0 Å². The Hall–Kier alpha value is -0.679. The summed E-state index contributed by atoms with van der Waals surface area (Å²) in [6, 6.07) is 0. The zero-order valence-corrected chi connectivity index (χ0v) is 16.0. The maximum atomic E-state index is 11.5. The number of carbonyl (C=O) groups is 1. The van der Waals surface area contributed by atoms with Crippen molar-refractivity contribution in [3.05, 3.63) is 23.0 Å². The summed E-state index contributed by atoms with van der Waals surface area (Å²) < 4.78 is 2.07. The summed E-state index contributed by atoms with van der Waals surface area (Å²) in [6.07, 6.45) is 5.85. The second-order valence-corrected chi connectivity index (χ2v) is 5.63. The molecule has 2 aliphatic rings. The molecule has 0 N–H and O–H groups in total. The Bertz CT molecular complexity index is 581. The van der Waals surface area contributed by atoms with Crippen LogP contribution in [0.4, 0.5) is 4.79 Å². The van der Waals surface area contributed by atoms with E-state index in [1.54, 1.807) is 16.5 Å². The number of hydrogen-bond donors (Lipinski definition) is 0. The van der Waals surface area contributed by atoms with Gasteiger partial charge in [-0.3, -0.25) is 0 Å². The first-order valence-electron chi connectivity index (χ1n) is 6.32. The molecule has 0 atom stereocenters. The van der Waals surface area contributed by atoms with Gasteiger partial charge in [-0.1, -0.05) is 0 Å². The molecule has 1 aromatic rings. The van der Waals surface area contributed by atoms with Crippen LogP contribution in [-0.2, 0) is 40.6 Å². The second kappa shape index (κ2) is 6.39. The smallest absolute Gasteiger partial charge is 2.00 e. The Morgan fingerprint density at radius 3 is 2.95 bits per heavy atom. The van der Waals surface area contributed by atoms with Crippen LogP contribution in [0.1, 0.15) is 29.8 Å². The third-order valence-electron chi connectivity index (χ3n) is 3.58. The van der Waals surface area contributed by atoms with Crippen LogP contribution in [0.2, 0.25) is 0 Å². The van der Waals surface area contributed by atoms with Gasteiger partial charge in [-0.25, -0.2) is 0 Å². The third kappa shape index (κ3) is 2.70. The Morgan fingerprint density at radius 1 is 1.45 bits per heavy atom. The monoisotopic (exact) mass is 499 g/mol. The van der Waals surface area contributed by atoms with Crippen LogP contribution in [0.15, 0.2) is 4.99 Å². The number of nitrogens with zero attached hydrogens (tertiary/aromatic N) is 4. The molecule has 0 unspecified atom stereocenters. The standard InChI is InChI=1S/C13H13GeN4O.W/c1-15-11-4-2-3-6-18-12(11)9-8-17(13(14)19)7-5-10(9)16-18;/h1H,2-3,5-8H2;/q-2;+2. The molecule has 2 aliphatic heterocycles. The molecule has 0 saturated heterocycles. The van der Waals surface area contributed by atoms with Crippen molar-refractivity contribution in [1.82, 2.24) is 14.7 Å². The second-order valence-electron chi connectivity index (χ2n) is 4.73. The van der Waals surface area contributed by atoms with E-state index in [1.807, 2.05) is 9.58 Å². The minimum absolute atomic E-state index is 0. The maximum Gasteiger partial charge on any atom is 2.00 e. The first-order chi connectivity index (χ1) is 9.20. The average Bonchev–Trinajstić information content (AvgIpc) is 2.64. The van der Waals surface area contributed by atoms with Crippen molar-refractivity contribution in [3.8, 4) is 0 Å². The summed E-state index contributed by atoms with van der Waals surface area (Å²) in [5.74, 6) is 0. The number of aliphatic imine (C=N–C) groups is 1. The summed E-state index contributed by atoms with van der Waals surface area (Å²) in [6.45, 7) is 7.67. The van der Waals surface area contributed by atoms with Gasteiger partial charge in [0.15, 0.2) is 0 Å². The molecule has 1 amide bonds. The zero-order chi connectivity index (χ0) is 13.4. The van der Waals surface area contributed by atoms with Gasteiger partial charge in [0.2, 0.25) is 0 Å². The van der Waals surface area contributed by atoms with Crippen molar-refractivity contribution in [2.45, 2.75) is 32.4 Å². The zero-order valence-electron chi connectivity index (χ0n) is 10.9. The van der Waals surface area contributed by atoms with E-state index >= 15 is 0 Å². The van der Waals surface area contributed by atoms with Gasteiger partial charge in [0.25, 0.3) is 0 Å². The first-order valence-corrected chi connectivity index (χ1v) is 7.37. The minimum Gasteiger partial charge on any atom is 2.00 e. The van der Waals surface area contributed by atoms with E-state index in [2.05, 4.69) is 16.2 Å². The van der Waals surface area contributed by atoms with Gasteiger partial charge < -0.3 is 0 Å².